The van der Waals surface area contributed by atoms with E-state index in [1.54, 1.807) is 7.11 Å². The molecule has 0 aliphatic carbocycles. The van der Waals surface area contributed by atoms with Crippen LogP contribution in [0.1, 0.15) is 5.82 Å². The topological polar surface area (TPSA) is 53.1 Å². The highest BCUT2D eigenvalue weighted by atomic mass is 16.5. The van der Waals surface area contributed by atoms with Gasteiger partial charge in [0.25, 0.3) is 0 Å². The molecule has 3 aromatic rings. The zero-order valence-corrected chi connectivity index (χ0v) is 9.33. The van der Waals surface area contributed by atoms with E-state index in [2.05, 4.69) is 14.7 Å². The van der Waals surface area contributed by atoms with Gasteiger partial charge >= 0.3 is 0 Å². The second-order valence-corrected chi connectivity index (χ2v) is 3.68. The molecule has 0 spiro atoms. The summed E-state index contributed by atoms with van der Waals surface area (Å²) in [4.78, 5) is 4.01. The van der Waals surface area contributed by atoms with Crippen molar-refractivity contribution in [3.8, 4) is 5.75 Å². The van der Waals surface area contributed by atoms with E-state index >= 15 is 0 Å². The Labute approximate surface area is 97.6 Å². The highest BCUT2D eigenvalue weighted by Gasteiger charge is 2.07. The lowest BCUT2D eigenvalue weighted by Gasteiger charge is -2.04. The van der Waals surface area contributed by atoms with Crippen LogP contribution >= 0.6 is 0 Å². The fourth-order valence-electron chi connectivity index (χ4n) is 1.93. The predicted molar refractivity (Wildman–Crippen MR) is 61.9 cm³/mol. The number of benzene rings is 1. The molecule has 5 heteroatoms. The fourth-order valence-corrected chi connectivity index (χ4v) is 1.93. The highest BCUT2D eigenvalue weighted by molar-refractivity contribution is 5.86. The Morgan fingerprint density at radius 1 is 1.35 bits per heavy atom. The molecule has 2 heterocycles. The lowest BCUT2D eigenvalue weighted by atomic mass is 10.2. The zero-order valence-electron chi connectivity index (χ0n) is 9.33. The lowest BCUT2D eigenvalue weighted by Crippen LogP contribution is -1.99. The number of methoxy groups -OCH3 is 1. The molecule has 0 saturated carbocycles. The highest BCUT2D eigenvalue weighted by Crippen LogP contribution is 2.26. The minimum atomic E-state index is 0.590. The smallest absolute Gasteiger partial charge is 0.213 e. The van der Waals surface area contributed by atoms with E-state index in [0.29, 0.717) is 12.4 Å². The summed E-state index contributed by atoms with van der Waals surface area (Å²) in [5.41, 5.74) is 1.09. The van der Waals surface area contributed by atoms with Crippen molar-refractivity contribution in [3.05, 3.63) is 42.7 Å². The maximum Gasteiger partial charge on any atom is 0.213 e. The summed E-state index contributed by atoms with van der Waals surface area (Å²) >= 11 is 0. The van der Waals surface area contributed by atoms with Gasteiger partial charge in [-0.15, -0.1) is 0 Å². The van der Waals surface area contributed by atoms with Crippen LogP contribution in [0.25, 0.3) is 10.9 Å². The molecule has 0 aliphatic rings. The summed E-state index contributed by atoms with van der Waals surface area (Å²) < 4.78 is 12.1. The van der Waals surface area contributed by atoms with Gasteiger partial charge in [-0.3, -0.25) is 0 Å². The van der Waals surface area contributed by atoms with Crippen LogP contribution in [-0.2, 0) is 6.54 Å². The van der Waals surface area contributed by atoms with Crippen LogP contribution in [0.15, 0.2) is 41.4 Å². The van der Waals surface area contributed by atoms with E-state index in [4.69, 9.17) is 9.26 Å². The third-order valence-electron chi connectivity index (χ3n) is 2.71. The predicted octanol–water partition coefficient (Wildman–Crippen LogP) is 2.08. The summed E-state index contributed by atoms with van der Waals surface area (Å²) in [5, 5.41) is 4.88. The van der Waals surface area contributed by atoms with Gasteiger partial charge in [0.15, 0.2) is 5.82 Å². The summed E-state index contributed by atoms with van der Waals surface area (Å²) in [7, 11) is 1.67. The molecule has 86 valence electrons. The van der Waals surface area contributed by atoms with Crippen molar-refractivity contribution in [2.24, 2.45) is 0 Å². The molecule has 0 atom stereocenters. The van der Waals surface area contributed by atoms with Crippen molar-refractivity contribution in [3.63, 3.8) is 0 Å². The van der Waals surface area contributed by atoms with Crippen molar-refractivity contribution >= 4 is 10.9 Å². The van der Waals surface area contributed by atoms with Gasteiger partial charge in [-0.2, -0.15) is 4.98 Å². The average molecular weight is 229 g/mol. The van der Waals surface area contributed by atoms with Crippen LogP contribution in [-0.4, -0.2) is 21.8 Å². The van der Waals surface area contributed by atoms with Crippen molar-refractivity contribution < 1.29 is 9.26 Å². The molecular formula is C12H11N3O2. The van der Waals surface area contributed by atoms with Crippen molar-refractivity contribution in [1.82, 2.24) is 14.7 Å². The van der Waals surface area contributed by atoms with Crippen molar-refractivity contribution in [1.29, 1.82) is 0 Å². The Hall–Kier alpha value is -2.30. The Morgan fingerprint density at radius 2 is 2.29 bits per heavy atom. The fraction of sp³-hybridized carbons (Fsp3) is 0.167. The van der Waals surface area contributed by atoms with Gasteiger partial charge in [0.1, 0.15) is 5.75 Å². The van der Waals surface area contributed by atoms with Gasteiger partial charge in [0.05, 0.1) is 19.2 Å². The molecule has 0 saturated heterocycles. The van der Waals surface area contributed by atoms with Gasteiger partial charge < -0.3 is 13.8 Å². The van der Waals surface area contributed by atoms with E-state index in [-0.39, 0.29) is 0 Å². The molecule has 0 fully saturated rings. The molecule has 1 aromatic carbocycles. The van der Waals surface area contributed by atoms with Crippen LogP contribution in [0.2, 0.25) is 0 Å². The lowest BCUT2D eigenvalue weighted by molar-refractivity contribution is 0.408. The first-order valence-corrected chi connectivity index (χ1v) is 5.25. The van der Waals surface area contributed by atoms with E-state index < -0.39 is 0 Å². The van der Waals surface area contributed by atoms with Crippen LogP contribution in [0.5, 0.6) is 5.75 Å². The van der Waals surface area contributed by atoms with Crippen LogP contribution in [0.3, 0.4) is 0 Å². The second kappa shape index (κ2) is 3.93. The summed E-state index contributed by atoms with van der Waals surface area (Å²) in [6.07, 6.45) is 3.32. The zero-order chi connectivity index (χ0) is 11.7. The summed E-state index contributed by atoms with van der Waals surface area (Å²) in [5.74, 6) is 1.53. The molecule has 0 N–H and O–H groups in total. The van der Waals surface area contributed by atoms with Gasteiger partial charge in [-0.05, 0) is 18.2 Å². The average Bonchev–Trinajstić information content (AvgIpc) is 2.99. The maximum absolute atomic E-state index is 5.31. The molecule has 5 nitrogen and oxygen atoms in total. The normalized spacial score (nSPS) is 10.9. The standard InChI is InChI=1S/C12H11N3O2/c1-16-11-4-2-3-10-9(11)5-6-15(10)7-12-13-8-17-14-12/h2-6,8H,7H2,1H3. The van der Waals surface area contributed by atoms with Gasteiger partial charge in [0, 0.05) is 11.6 Å². The Morgan fingerprint density at radius 3 is 3.06 bits per heavy atom. The van der Waals surface area contributed by atoms with Gasteiger partial charge in [-0.1, -0.05) is 11.2 Å². The number of hydrogen-bond acceptors (Lipinski definition) is 4. The molecule has 0 radical (unpaired) electrons. The third-order valence-corrected chi connectivity index (χ3v) is 2.71. The van der Waals surface area contributed by atoms with E-state index in [1.165, 1.54) is 6.39 Å². The number of fused-ring (bicyclic) bond motifs is 1. The van der Waals surface area contributed by atoms with Crippen LogP contribution < -0.4 is 4.74 Å². The van der Waals surface area contributed by atoms with Gasteiger partial charge in [-0.25, -0.2) is 0 Å². The number of hydrogen-bond donors (Lipinski definition) is 0. The molecular weight excluding hydrogens is 218 g/mol. The number of nitrogens with zero attached hydrogens (tertiary/aromatic N) is 3. The Balaban J connectivity index is 2.06. The van der Waals surface area contributed by atoms with E-state index in [9.17, 15) is 0 Å². The first kappa shape index (κ1) is 9.89. The SMILES string of the molecule is COc1cccc2c1ccn2Cc1ncon1. The first-order chi connectivity index (χ1) is 8.38. The molecule has 17 heavy (non-hydrogen) atoms. The Bertz CT molecular complexity index is 628. The molecule has 0 aliphatic heterocycles. The number of aromatic nitrogens is 3. The van der Waals surface area contributed by atoms with Crippen LogP contribution in [0, 0.1) is 0 Å². The molecule has 3 rings (SSSR count). The number of ether oxygens (including phenoxy) is 1. The first-order valence-electron chi connectivity index (χ1n) is 5.25. The largest absolute Gasteiger partial charge is 0.496 e. The van der Waals surface area contributed by atoms with Gasteiger partial charge in [0.2, 0.25) is 6.39 Å². The molecule has 0 amide bonds. The van der Waals surface area contributed by atoms with E-state index in [1.807, 2.05) is 30.5 Å². The molecule has 0 bridgehead atoms. The minimum absolute atomic E-state index is 0.590. The van der Waals surface area contributed by atoms with E-state index in [0.717, 1.165) is 16.7 Å². The number of rotatable bonds is 3. The summed E-state index contributed by atoms with van der Waals surface area (Å²) in [6.45, 7) is 0.590. The third kappa shape index (κ3) is 1.65. The molecule has 0 unspecified atom stereocenters. The monoisotopic (exact) mass is 229 g/mol. The minimum Gasteiger partial charge on any atom is -0.496 e. The Kier molecular flexibility index (Phi) is 2.29. The maximum atomic E-state index is 5.31. The second-order valence-electron chi connectivity index (χ2n) is 3.68. The molecule has 2 aromatic heterocycles. The summed E-state index contributed by atoms with van der Waals surface area (Å²) in [6, 6.07) is 7.97. The van der Waals surface area contributed by atoms with Crippen molar-refractivity contribution in [2.75, 3.05) is 7.11 Å². The quantitative estimate of drug-likeness (QED) is 0.690. The van der Waals surface area contributed by atoms with Crippen LogP contribution in [0.4, 0.5) is 0 Å². The van der Waals surface area contributed by atoms with Crippen molar-refractivity contribution in [2.45, 2.75) is 6.54 Å².